The molecular formula is C21H23N4O4S2-. The Morgan fingerprint density at radius 2 is 1.97 bits per heavy atom. The van der Waals surface area contributed by atoms with Crippen LogP contribution in [0, 0.1) is 12.8 Å². The summed E-state index contributed by atoms with van der Waals surface area (Å²) in [5.41, 5.74) is 2.13. The summed E-state index contributed by atoms with van der Waals surface area (Å²) in [6, 6.07) is 8.29. The normalized spacial score (nSPS) is 12.9. The summed E-state index contributed by atoms with van der Waals surface area (Å²) >= 11 is -1.30. The maximum atomic E-state index is 12.5. The molecule has 2 amide bonds. The number of ether oxygens (including phenoxy) is 1. The predicted molar refractivity (Wildman–Crippen MR) is 121 cm³/mol. The van der Waals surface area contributed by atoms with Crippen LogP contribution in [0.2, 0.25) is 0 Å². The van der Waals surface area contributed by atoms with Gasteiger partial charge in [0.15, 0.2) is 5.13 Å². The van der Waals surface area contributed by atoms with E-state index in [0.29, 0.717) is 34.4 Å². The van der Waals surface area contributed by atoms with Crippen molar-refractivity contribution in [1.82, 2.24) is 9.97 Å². The molecule has 3 aromatic rings. The molecule has 0 fully saturated rings. The van der Waals surface area contributed by atoms with Crippen molar-refractivity contribution in [2.24, 2.45) is 5.92 Å². The van der Waals surface area contributed by atoms with E-state index in [1.165, 1.54) is 18.6 Å². The fourth-order valence-electron chi connectivity index (χ4n) is 2.73. The first-order chi connectivity index (χ1) is 14.8. The average molecular weight is 460 g/mol. The van der Waals surface area contributed by atoms with Crippen LogP contribution in [0.25, 0.3) is 0 Å². The molecule has 31 heavy (non-hydrogen) atoms. The SMILES string of the molecule is Cc1ccc(NC(=O)Nc2ncc(C(c3ccncc3)S(=O)[O-])s2)c(OCC(C)C)c1. The summed E-state index contributed by atoms with van der Waals surface area (Å²) in [4.78, 5) is 21.1. The van der Waals surface area contributed by atoms with Crippen molar-refractivity contribution < 1.29 is 18.3 Å². The van der Waals surface area contributed by atoms with Crippen LogP contribution >= 0.6 is 11.3 Å². The van der Waals surface area contributed by atoms with Crippen LogP contribution in [0.3, 0.4) is 0 Å². The Labute approximate surface area is 187 Å². The van der Waals surface area contributed by atoms with Gasteiger partial charge in [-0.05, 0) is 59.3 Å². The molecule has 2 aromatic heterocycles. The molecule has 0 bridgehead atoms. The van der Waals surface area contributed by atoms with Crippen LogP contribution in [0.5, 0.6) is 5.75 Å². The smallest absolute Gasteiger partial charge is 0.325 e. The standard InChI is InChI=1S/C21H24N4O4S2/c1-13(2)12-29-17-10-14(3)4-5-16(17)24-20(26)25-21-23-11-18(30-21)19(31(27)28)15-6-8-22-9-7-15/h4-11,13,19H,12H2,1-3H3,(H,27,28)(H2,23,24,25,26)/p-1. The third-order valence-corrected chi connectivity index (χ3v) is 6.20. The zero-order valence-corrected chi connectivity index (χ0v) is 19.0. The van der Waals surface area contributed by atoms with Crippen molar-refractivity contribution in [1.29, 1.82) is 0 Å². The van der Waals surface area contributed by atoms with Crippen LogP contribution < -0.4 is 15.4 Å². The van der Waals surface area contributed by atoms with E-state index in [4.69, 9.17) is 4.74 Å². The van der Waals surface area contributed by atoms with E-state index < -0.39 is 22.4 Å². The monoisotopic (exact) mass is 459 g/mol. The molecule has 0 saturated heterocycles. The van der Waals surface area contributed by atoms with Crippen molar-refractivity contribution in [3.63, 3.8) is 0 Å². The van der Waals surface area contributed by atoms with Gasteiger partial charge < -0.3 is 14.6 Å². The van der Waals surface area contributed by atoms with Gasteiger partial charge in [0.1, 0.15) is 5.75 Å². The minimum Gasteiger partial charge on any atom is -0.772 e. The Morgan fingerprint density at radius 1 is 1.23 bits per heavy atom. The number of aromatic nitrogens is 2. The van der Waals surface area contributed by atoms with E-state index in [1.54, 1.807) is 18.2 Å². The second-order valence-corrected chi connectivity index (χ2v) is 9.33. The number of carbonyl (C=O) groups excluding carboxylic acids is 1. The van der Waals surface area contributed by atoms with Crippen LogP contribution in [0.1, 0.15) is 35.1 Å². The summed E-state index contributed by atoms with van der Waals surface area (Å²) in [5.74, 6) is 0.930. The molecule has 0 spiro atoms. The first-order valence-corrected chi connectivity index (χ1v) is 11.5. The number of nitrogens with zero attached hydrogens (tertiary/aromatic N) is 2. The third kappa shape index (κ3) is 6.33. The number of aryl methyl sites for hydroxylation is 1. The molecular weight excluding hydrogens is 436 g/mol. The van der Waals surface area contributed by atoms with Crippen LogP contribution in [-0.4, -0.2) is 31.4 Å². The van der Waals surface area contributed by atoms with E-state index in [2.05, 4.69) is 20.6 Å². The van der Waals surface area contributed by atoms with Gasteiger partial charge in [0, 0.05) is 23.5 Å². The van der Waals surface area contributed by atoms with Crippen molar-refractivity contribution in [2.45, 2.75) is 26.0 Å². The zero-order valence-electron chi connectivity index (χ0n) is 17.3. The average Bonchev–Trinajstić information content (AvgIpc) is 3.16. The van der Waals surface area contributed by atoms with Crippen molar-refractivity contribution >= 4 is 39.3 Å². The Bertz CT molecular complexity index is 1060. The lowest BCUT2D eigenvalue weighted by Crippen LogP contribution is -2.20. The number of hydrogen-bond donors (Lipinski definition) is 2. The van der Waals surface area contributed by atoms with Crippen LogP contribution in [0.4, 0.5) is 15.6 Å². The zero-order chi connectivity index (χ0) is 22.4. The molecule has 10 heteroatoms. The summed E-state index contributed by atoms with van der Waals surface area (Å²) in [6.07, 6.45) is 4.51. The van der Waals surface area contributed by atoms with E-state index in [-0.39, 0.29) is 5.13 Å². The number of thiazole rings is 1. The molecule has 0 saturated carbocycles. The maximum absolute atomic E-state index is 12.5. The second kappa shape index (κ2) is 10.5. The number of pyridine rings is 1. The maximum Gasteiger partial charge on any atom is 0.325 e. The number of rotatable bonds is 8. The molecule has 0 aliphatic rings. The van der Waals surface area contributed by atoms with Gasteiger partial charge in [0.05, 0.1) is 17.5 Å². The molecule has 3 rings (SSSR count). The highest BCUT2D eigenvalue weighted by Crippen LogP contribution is 2.33. The molecule has 1 aromatic carbocycles. The molecule has 0 aliphatic carbocycles. The van der Waals surface area contributed by atoms with Crippen molar-refractivity contribution in [3.8, 4) is 5.75 Å². The number of benzene rings is 1. The molecule has 0 radical (unpaired) electrons. The van der Waals surface area contributed by atoms with Crippen molar-refractivity contribution in [3.05, 3.63) is 64.9 Å². The van der Waals surface area contributed by atoms with Crippen molar-refractivity contribution in [2.75, 3.05) is 17.2 Å². The van der Waals surface area contributed by atoms with Gasteiger partial charge >= 0.3 is 6.03 Å². The minimum absolute atomic E-state index is 0.286. The summed E-state index contributed by atoms with van der Waals surface area (Å²) < 4.78 is 29.4. The first kappa shape index (κ1) is 22.9. The quantitative estimate of drug-likeness (QED) is 0.479. The van der Waals surface area contributed by atoms with E-state index in [1.807, 2.05) is 32.9 Å². The van der Waals surface area contributed by atoms with Gasteiger partial charge in [-0.15, -0.1) is 11.3 Å². The van der Waals surface area contributed by atoms with Gasteiger partial charge in [-0.2, -0.15) is 0 Å². The number of urea groups is 1. The minimum atomic E-state index is -2.40. The number of hydrogen-bond acceptors (Lipinski definition) is 7. The Kier molecular flexibility index (Phi) is 7.72. The van der Waals surface area contributed by atoms with E-state index >= 15 is 0 Å². The van der Waals surface area contributed by atoms with Crippen LogP contribution in [-0.2, 0) is 11.1 Å². The highest BCUT2D eigenvalue weighted by atomic mass is 32.2. The summed E-state index contributed by atoms with van der Waals surface area (Å²) in [6.45, 7) is 6.56. The fourth-order valence-corrected chi connectivity index (χ4v) is 4.56. The number of nitrogens with one attached hydrogen (secondary N) is 2. The Balaban J connectivity index is 1.71. The lowest BCUT2D eigenvalue weighted by molar-refractivity contribution is 0.260. The summed E-state index contributed by atoms with van der Waals surface area (Å²) in [5, 5.41) is 4.82. The van der Waals surface area contributed by atoms with Gasteiger partial charge in [-0.25, -0.2) is 9.78 Å². The highest BCUT2D eigenvalue weighted by molar-refractivity contribution is 7.79. The van der Waals surface area contributed by atoms with Gasteiger partial charge in [0.2, 0.25) is 0 Å². The Morgan fingerprint density at radius 3 is 2.65 bits per heavy atom. The first-order valence-electron chi connectivity index (χ1n) is 9.58. The lowest BCUT2D eigenvalue weighted by atomic mass is 10.2. The fraction of sp³-hybridized carbons (Fsp3) is 0.286. The second-order valence-electron chi connectivity index (χ2n) is 7.27. The van der Waals surface area contributed by atoms with E-state index in [9.17, 15) is 13.6 Å². The summed E-state index contributed by atoms with van der Waals surface area (Å²) in [7, 11) is 0. The number of anilines is 2. The van der Waals surface area contributed by atoms with Gasteiger partial charge in [-0.1, -0.05) is 19.9 Å². The predicted octanol–water partition coefficient (Wildman–Crippen LogP) is 4.49. The molecule has 2 N–H and O–H groups in total. The molecule has 2 unspecified atom stereocenters. The van der Waals surface area contributed by atoms with E-state index in [0.717, 1.165) is 16.9 Å². The molecule has 164 valence electrons. The molecule has 2 atom stereocenters. The molecule has 0 aliphatic heterocycles. The lowest BCUT2D eigenvalue weighted by Gasteiger charge is -2.18. The highest BCUT2D eigenvalue weighted by Gasteiger charge is 2.19. The van der Waals surface area contributed by atoms with Gasteiger partial charge in [0.25, 0.3) is 0 Å². The van der Waals surface area contributed by atoms with Crippen LogP contribution in [0.15, 0.2) is 48.9 Å². The number of amides is 2. The van der Waals surface area contributed by atoms with Gasteiger partial charge in [-0.3, -0.25) is 14.5 Å². The largest absolute Gasteiger partial charge is 0.772 e. The molecule has 2 heterocycles. The third-order valence-electron chi connectivity index (χ3n) is 4.16. The molecule has 8 nitrogen and oxygen atoms in total. The topological polar surface area (TPSA) is 116 Å². The Hall–Kier alpha value is -2.82. The number of carbonyl (C=O) groups is 1.